The molecule has 4 heteroatoms. The maximum Gasteiger partial charge on any atom is 0.269 e. The Morgan fingerprint density at radius 1 is 0.621 bits per heavy atom. The zero-order valence-corrected chi connectivity index (χ0v) is 31.7. The lowest BCUT2D eigenvalue weighted by Crippen LogP contribution is -2.31. The Labute approximate surface area is 353 Å². The van der Waals surface area contributed by atoms with E-state index in [0.29, 0.717) is 34.1 Å². The Morgan fingerprint density at radius 2 is 1.28 bits per heavy atom. The van der Waals surface area contributed by atoms with Crippen LogP contribution in [0, 0.1) is 12.2 Å². The van der Waals surface area contributed by atoms with Gasteiger partial charge in [0, 0.05) is 17.1 Å². The predicted octanol–water partition coefficient (Wildman–Crippen LogP) is 13.4. The number of aromatic nitrogens is 3. The fourth-order valence-corrected chi connectivity index (χ4v) is 7.84. The van der Waals surface area contributed by atoms with Crippen molar-refractivity contribution < 1.29 is 23.0 Å². The van der Waals surface area contributed by atoms with E-state index in [4.69, 9.17) is 23.4 Å². The highest BCUT2D eigenvalue weighted by Crippen LogP contribution is 2.37. The van der Waals surface area contributed by atoms with E-state index in [1.165, 1.54) is 16.3 Å². The molecule has 0 aliphatic rings. The van der Waals surface area contributed by atoms with Gasteiger partial charge < -0.3 is 4.74 Å². The lowest BCUT2D eigenvalue weighted by molar-refractivity contribution is -0.571. The fourth-order valence-electron chi connectivity index (χ4n) is 7.84. The van der Waals surface area contributed by atoms with E-state index < -0.39 is 60.4 Å². The van der Waals surface area contributed by atoms with Gasteiger partial charge >= 0.3 is 0 Å². The van der Waals surface area contributed by atoms with Crippen molar-refractivity contribution in [2.24, 2.45) is 5.92 Å². The van der Waals surface area contributed by atoms with Gasteiger partial charge in [0.15, 0.2) is 0 Å². The molecule has 2 aromatic heterocycles. The van der Waals surface area contributed by atoms with Crippen molar-refractivity contribution in [1.29, 1.82) is 0 Å². The lowest BCUT2D eigenvalue weighted by Gasteiger charge is -2.17. The first-order valence-corrected chi connectivity index (χ1v) is 19.1. The molecule has 0 unspecified atom stereocenters. The smallest absolute Gasteiger partial charge is 0.269 e. The molecular weight excluding hydrogens is 707 g/mol. The normalized spacial score (nSPS) is 13.9. The van der Waals surface area contributed by atoms with Crippen molar-refractivity contribution in [3.05, 3.63) is 206 Å². The minimum atomic E-state index is -0.564. The summed E-state index contributed by atoms with van der Waals surface area (Å²) >= 11 is 0. The Bertz CT molecular complexity index is 3550. The molecule has 10 aromatic rings. The average Bonchev–Trinajstić information content (AvgIpc) is 3.73. The standard InChI is InChI=1S/C54H41N3O/c1-37(2)33-40-19-12-26-48-45(40)29-30-50-49(48)31-32-55-53(50)41-20-11-22-43(34-41)58-44-23-13-21-42(35-44)56-36-57(52-28-10-9-27-51(52)56)54-46(38-15-5-3-6-16-38)24-14-25-47(54)39-17-7-4-8-18-39/h3-32,34-35,37H,33H2,1-2H3/i3D,4D,5D,6D,7D,8D,15D,16D,17D,18D. The molecule has 0 aliphatic heterocycles. The van der Waals surface area contributed by atoms with Gasteiger partial charge in [0.1, 0.15) is 11.5 Å². The summed E-state index contributed by atoms with van der Waals surface area (Å²) in [6.45, 7) is 4.47. The SMILES string of the molecule is [2H]c1c([2H])c([2H])c(-c2cccc(-c3c([2H])c([2H])c([2H])c([2H])c3[2H])c2-[n+]2[c-]n(-c3cccc(Oc4cccc(-c5nccc6c5ccc5c(CC(C)C)cccc56)c4)c3)c3ccccc32)c([2H])c1[2H]. The summed E-state index contributed by atoms with van der Waals surface area (Å²) in [7, 11) is 0. The molecule has 0 atom stereocenters. The molecule has 0 aliphatic carbocycles. The molecule has 0 bridgehead atoms. The zero-order chi connectivity index (χ0) is 47.7. The van der Waals surface area contributed by atoms with Crippen LogP contribution in [0.2, 0.25) is 0 Å². The highest BCUT2D eigenvalue weighted by Gasteiger charge is 2.20. The first kappa shape index (κ1) is 25.8. The summed E-state index contributed by atoms with van der Waals surface area (Å²) in [5.74, 6) is 1.64. The summed E-state index contributed by atoms with van der Waals surface area (Å²) in [6.07, 6.45) is 6.27. The van der Waals surface area contributed by atoms with Crippen molar-refractivity contribution in [3.63, 3.8) is 0 Å². The third-order valence-corrected chi connectivity index (χ3v) is 10.3. The number of ether oxygens (including phenoxy) is 1. The number of fused-ring (bicyclic) bond motifs is 4. The summed E-state index contributed by atoms with van der Waals surface area (Å²) in [4.78, 5) is 4.85. The molecule has 0 spiro atoms. The molecule has 4 nitrogen and oxygen atoms in total. The highest BCUT2D eigenvalue weighted by atomic mass is 16.5. The van der Waals surface area contributed by atoms with Gasteiger partial charge in [-0.2, -0.15) is 0 Å². The van der Waals surface area contributed by atoms with Crippen LogP contribution in [0.5, 0.6) is 11.5 Å². The minimum absolute atomic E-state index is 0.126. The van der Waals surface area contributed by atoms with Crippen LogP contribution < -0.4 is 9.30 Å². The van der Waals surface area contributed by atoms with E-state index in [2.05, 4.69) is 56.6 Å². The second kappa shape index (κ2) is 15.0. The molecule has 10 rings (SSSR count). The van der Waals surface area contributed by atoms with E-state index >= 15 is 0 Å². The maximum absolute atomic E-state index is 8.99. The third-order valence-electron chi connectivity index (χ3n) is 10.3. The number of hydrogen-bond acceptors (Lipinski definition) is 2. The van der Waals surface area contributed by atoms with E-state index in [1.807, 2.05) is 79.0 Å². The molecule has 0 radical (unpaired) electrons. The summed E-state index contributed by atoms with van der Waals surface area (Å²) in [5.41, 5.74) is 5.17. The molecule has 0 amide bonds. The van der Waals surface area contributed by atoms with Crippen LogP contribution in [0.4, 0.5) is 0 Å². The van der Waals surface area contributed by atoms with Gasteiger partial charge in [-0.25, -0.2) is 0 Å². The third kappa shape index (κ3) is 6.49. The van der Waals surface area contributed by atoms with Crippen molar-refractivity contribution >= 4 is 32.6 Å². The molecule has 0 saturated heterocycles. The second-order valence-electron chi connectivity index (χ2n) is 14.5. The summed E-state index contributed by atoms with van der Waals surface area (Å²) in [5, 5.41) is 4.59. The van der Waals surface area contributed by atoms with Gasteiger partial charge in [-0.3, -0.25) is 14.1 Å². The molecule has 2 heterocycles. The van der Waals surface area contributed by atoms with Crippen molar-refractivity contribution in [2.45, 2.75) is 20.3 Å². The highest BCUT2D eigenvalue weighted by molar-refractivity contribution is 6.12. The van der Waals surface area contributed by atoms with E-state index in [9.17, 15) is 0 Å². The van der Waals surface area contributed by atoms with Crippen molar-refractivity contribution in [2.75, 3.05) is 0 Å². The Morgan fingerprint density at radius 3 is 2.03 bits per heavy atom. The molecule has 8 aromatic carbocycles. The number of para-hydroxylation sites is 3. The van der Waals surface area contributed by atoms with Crippen LogP contribution >= 0.6 is 0 Å². The van der Waals surface area contributed by atoms with Gasteiger partial charge in [-0.05, 0) is 92.7 Å². The molecule has 0 saturated carbocycles. The van der Waals surface area contributed by atoms with Gasteiger partial charge in [-0.1, -0.05) is 165 Å². The van der Waals surface area contributed by atoms with E-state index in [-0.39, 0.29) is 27.9 Å². The molecule has 0 N–H and O–H groups in total. The van der Waals surface area contributed by atoms with Crippen molar-refractivity contribution in [3.8, 4) is 56.4 Å². The first-order valence-electron chi connectivity index (χ1n) is 24.1. The summed E-state index contributed by atoms with van der Waals surface area (Å²) < 4.78 is 96.7. The topological polar surface area (TPSA) is 30.9 Å². The number of rotatable bonds is 9. The molecule has 0 fully saturated rings. The predicted molar refractivity (Wildman–Crippen MR) is 238 cm³/mol. The number of pyridine rings is 1. The summed E-state index contributed by atoms with van der Waals surface area (Å²) in [6, 6.07) is 35.1. The monoisotopic (exact) mass is 757 g/mol. The zero-order valence-electron chi connectivity index (χ0n) is 41.7. The maximum atomic E-state index is 8.99. The van der Waals surface area contributed by atoms with Crippen LogP contribution in [-0.4, -0.2) is 9.55 Å². The Hall–Kier alpha value is -7.30. The number of benzene rings is 8. The van der Waals surface area contributed by atoms with Crippen molar-refractivity contribution in [1.82, 2.24) is 9.55 Å². The van der Waals surface area contributed by atoms with Gasteiger partial charge in [0.25, 0.3) is 6.33 Å². The molecule has 278 valence electrons. The average molecular weight is 758 g/mol. The molecule has 58 heavy (non-hydrogen) atoms. The number of imidazole rings is 1. The Kier molecular flexibility index (Phi) is 6.66. The largest absolute Gasteiger partial charge is 0.458 e. The lowest BCUT2D eigenvalue weighted by atomic mass is 9.93. The van der Waals surface area contributed by atoms with Crippen LogP contribution in [0.25, 0.3) is 77.5 Å². The Balaban J connectivity index is 1.10. The first-order chi connectivity index (χ1) is 32.7. The quantitative estimate of drug-likeness (QED) is 0.0834. The van der Waals surface area contributed by atoms with Gasteiger partial charge in [-0.15, -0.1) is 0 Å². The number of nitrogens with zero attached hydrogens (tertiary/aromatic N) is 3. The number of hydrogen-bond donors (Lipinski definition) is 0. The van der Waals surface area contributed by atoms with E-state index in [1.54, 1.807) is 27.3 Å². The van der Waals surface area contributed by atoms with Crippen LogP contribution in [0.15, 0.2) is 194 Å². The van der Waals surface area contributed by atoms with Crippen LogP contribution in [0.3, 0.4) is 0 Å². The van der Waals surface area contributed by atoms with Crippen LogP contribution in [-0.2, 0) is 6.42 Å². The van der Waals surface area contributed by atoms with Gasteiger partial charge in [0.2, 0.25) is 0 Å². The fraction of sp³-hybridized carbons (Fsp3) is 0.0741. The van der Waals surface area contributed by atoms with Gasteiger partial charge in [0.05, 0.1) is 41.8 Å². The molecular formula is C54H41N3O. The second-order valence-corrected chi connectivity index (χ2v) is 14.5. The van der Waals surface area contributed by atoms with E-state index in [0.717, 1.165) is 28.5 Å². The van der Waals surface area contributed by atoms with Crippen LogP contribution in [0.1, 0.15) is 33.1 Å². The minimum Gasteiger partial charge on any atom is -0.458 e.